The van der Waals surface area contributed by atoms with Gasteiger partial charge in [-0.25, -0.2) is 9.59 Å². The average molecular weight is 636 g/mol. The molecule has 244 valence electrons. The van der Waals surface area contributed by atoms with Gasteiger partial charge in [-0.05, 0) is 52.9 Å². The van der Waals surface area contributed by atoms with Gasteiger partial charge in [-0.3, -0.25) is 9.59 Å². The number of ether oxygens (including phenoxy) is 1. The minimum absolute atomic E-state index is 0.0377. The van der Waals surface area contributed by atoms with Crippen LogP contribution in [-0.2, 0) is 22.6 Å². The van der Waals surface area contributed by atoms with E-state index < -0.39 is 5.97 Å². The summed E-state index contributed by atoms with van der Waals surface area (Å²) in [6, 6.07) is 33.8. The fourth-order valence-electron chi connectivity index (χ4n) is 5.02. The monoisotopic (exact) mass is 635 g/mol. The molecule has 0 bridgehead atoms. The zero-order chi connectivity index (χ0) is 33.4. The van der Waals surface area contributed by atoms with Gasteiger partial charge in [0.15, 0.2) is 0 Å². The lowest BCUT2D eigenvalue weighted by Gasteiger charge is -2.29. The molecular weight excluding hydrogens is 594 g/mol. The second-order valence-corrected chi connectivity index (χ2v) is 11.2. The van der Waals surface area contributed by atoms with Crippen LogP contribution in [0.3, 0.4) is 0 Å². The number of hydrogen-bond acceptors (Lipinski definition) is 5. The van der Waals surface area contributed by atoms with Gasteiger partial charge in [-0.2, -0.15) is 0 Å². The Bertz CT molecular complexity index is 1550. The third kappa shape index (κ3) is 10.8. The molecule has 0 aromatic heterocycles. The molecule has 0 spiro atoms. The van der Waals surface area contributed by atoms with Crippen LogP contribution in [0.5, 0.6) is 0 Å². The Kier molecular flexibility index (Phi) is 13.1. The molecule has 3 amide bonds. The summed E-state index contributed by atoms with van der Waals surface area (Å²) in [4.78, 5) is 51.1. The minimum Gasteiger partial charge on any atom is -0.481 e. The first kappa shape index (κ1) is 34.4. The number of carboxylic acid groups (broad SMARTS) is 1. The first-order valence-corrected chi connectivity index (χ1v) is 15.8. The molecule has 4 aromatic rings. The first-order valence-electron chi connectivity index (χ1n) is 15.8. The molecule has 0 aliphatic carbocycles. The predicted molar refractivity (Wildman–Crippen MR) is 180 cm³/mol. The molecule has 4 aromatic carbocycles. The molecule has 3 N–H and O–H groups in total. The van der Waals surface area contributed by atoms with Crippen LogP contribution in [0.4, 0.5) is 4.79 Å². The smallest absolute Gasteiger partial charge is 0.338 e. The van der Waals surface area contributed by atoms with Crippen molar-refractivity contribution >= 4 is 23.9 Å². The van der Waals surface area contributed by atoms with Crippen molar-refractivity contribution in [2.75, 3.05) is 19.7 Å². The Morgan fingerprint density at radius 2 is 1.32 bits per heavy atom. The molecule has 0 unspecified atom stereocenters. The quantitative estimate of drug-likeness (QED) is 0.0968. The molecule has 0 saturated carbocycles. The summed E-state index contributed by atoms with van der Waals surface area (Å²) in [7, 11) is 0. The van der Waals surface area contributed by atoms with Gasteiger partial charge in [-0.1, -0.05) is 98.3 Å². The van der Waals surface area contributed by atoms with Crippen LogP contribution in [0.1, 0.15) is 75.1 Å². The van der Waals surface area contributed by atoms with Gasteiger partial charge in [0.05, 0.1) is 18.6 Å². The van der Waals surface area contributed by atoms with E-state index in [0.717, 1.165) is 35.1 Å². The van der Waals surface area contributed by atoms with Gasteiger partial charge in [0, 0.05) is 37.7 Å². The van der Waals surface area contributed by atoms with Gasteiger partial charge in [0.1, 0.15) is 0 Å². The van der Waals surface area contributed by atoms with Crippen molar-refractivity contribution < 1.29 is 29.0 Å². The Hall–Kier alpha value is -5.44. The zero-order valence-corrected chi connectivity index (χ0v) is 26.6. The second kappa shape index (κ2) is 17.9. The van der Waals surface area contributed by atoms with E-state index >= 15 is 0 Å². The highest BCUT2D eigenvalue weighted by atomic mass is 16.5. The fourth-order valence-corrected chi connectivity index (χ4v) is 5.02. The molecule has 0 heterocycles. The van der Waals surface area contributed by atoms with Crippen LogP contribution in [0.15, 0.2) is 109 Å². The van der Waals surface area contributed by atoms with Crippen molar-refractivity contribution in [3.63, 3.8) is 0 Å². The maximum Gasteiger partial charge on any atom is 0.338 e. The number of rotatable bonds is 16. The zero-order valence-electron chi connectivity index (χ0n) is 26.6. The van der Waals surface area contributed by atoms with E-state index in [1.54, 1.807) is 53.4 Å². The van der Waals surface area contributed by atoms with Crippen molar-refractivity contribution in [1.29, 1.82) is 0 Å². The van der Waals surface area contributed by atoms with E-state index in [1.165, 1.54) is 0 Å². The SMILES string of the molecule is CCCCOC(=O)c1ccc(CNC(=O)N(Cc2ccc(C(=O)NCCC(=O)O)cc2)CC(c2ccccc2)c2ccccc2)cc1. The topological polar surface area (TPSA) is 125 Å². The second-order valence-electron chi connectivity index (χ2n) is 11.2. The van der Waals surface area contributed by atoms with Crippen molar-refractivity contribution in [3.05, 3.63) is 143 Å². The molecule has 0 radical (unpaired) electrons. The molecule has 0 aliphatic rings. The third-order valence-electron chi connectivity index (χ3n) is 7.67. The van der Waals surface area contributed by atoms with E-state index in [4.69, 9.17) is 9.84 Å². The highest BCUT2D eigenvalue weighted by Crippen LogP contribution is 2.26. The number of esters is 1. The molecule has 9 heteroatoms. The van der Waals surface area contributed by atoms with Crippen LogP contribution in [0.25, 0.3) is 0 Å². The number of carbonyl (C=O) groups excluding carboxylic acids is 3. The standard InChI is InChI=1S/C38H41N3O6/c1-2-3-24-47-37(45)33-20-14-28(15-21-33)25-40-38(46)41(26-29-16-18-32(19-17-29)36(44)39-23-22-35(42)43)27-34(30-10-6-4-7-11-30)31-12-8-5-9-13-31/h4-21,34H,2-3,22-27H2,1H3,(H,39,44)(H,40,46)(H,42,43). The maximum atomic E-state index is 13.8. The number of nitrogens with one attached hydrogen (secondary N) is 2. The number of aliphatic carboxylic acids is 1. The molecule has 4 rings (SSSR count). The Morgan fingerprint density at radius 1 is 0.745 bits per heavy atom. The van der Waals surface area contributed by atoms with Crippen molar-refractivity contribution in [3.8, 4) is 0 Å². The summed E-state index contributed by atoms with van der Waals surface area (Å²) < 4.78 is 5.29. The van der Waals surface area contributed by atoms with Crippen LogP contribution in [0, 0.1) is 0 Å². The molecule has 0 atom stereocenters. The summed E-state index contributed by atoms with van der Waals surface area (Å²) in [6.45, 7) is 3.39. The summed E-state index contributed by atoms with van der Waals surface area (Å²) >= 11 is 0. The van der Waals surface area contributed by atoms with Crippen LogP contribution in [-0.4, -0.2) is 53.6 Å². The van der Waals surface area contributed by atoms with Crippen LogP contribution < -0.4 is 10.6 Å². The lowest BCUT2D eigenvalue weighted by molar-refractivity contribution is -0.136. The summed E-state index contributed by atoms with van der Waals surface area (Å²) in [5.41, 5.74) is 4.68. The molecule has 9 nitrogen and oxygen atoms in total. The normalized spacial score (nSPS) is 10.7. The molecular formula is C38H41N3O6. The highest BCUT2D eigenvalue weighted by Gasteiger charge is 2.22. The number of carboxylic acids is 1. The number of carbonyl (C=O) groups is 4. The summed E-state index contributed by atoms with van der Waals surface area (Å²) in [6.07, 6.45) is 1.60. The highest BCUT2D eigenvalue weighted by molar-refractivity contribution is 5.94. The third-order valence-corrected chi connectivity index (χ3v) is 7.67. The predicted octanol–water partition coefficient (Wildman–Crippen LogP) is 6.39. The lowest BCUT2D eigenvalue weighted by Crippen LogP contribution is -2.41. The van der Waals surface area contributed by atoms with Gasteiger partial charge >= 0.3 is 18.0 Å². The van der Waals surface area contributed by atoms with Crippen molar-refractivity contribution in [2.24, 2.45) is 0 Å². The minimum atomic E-state index is -0.983. The van der Waals surface area contributed by atoms with E-state index in [2.05, 4.69) is 34.9 Å². The lowest BCUT2D eigenvalue weighted by atomic mass is 9.90. The summed E-state index contributed by atoms with van der Waals surface area (Å²) in [5.74, 6) is -1.80. The maximum absolute atomic E-state index is 13.8. The van der Waals surface area contributed by atoms with E-state index in [9.17, 15) is 19.2 Å². The Morgan fingerprint density at radius 3 is 1.89 bits per heavy atom. The number of urea groups is 1. The Balaban J connectivity index is 1.50. The van der Waals surface area contributed by atoms with E-state index in [0.29, 0.717) is 24.3 Å². The number of amides is 3. The van der Waals surface area contributed by atoms with Crippen LogP contribution in [0.2, 0.25) is 0 Å². The summed E-state index contributed by atoms with van der Waals surface area (Å²) in [5, 5.41) is 14.5. The van der Waals surface area contributed by atoms with Crippen LogP contribution >= 0.6 is 0 Å². The number of benzene rings is 4. The van der Waals surface area contributed by atoms with E-state index in [1.807, 2.05) is 43.3 Å². The number of hydrogen-bond donors (Lipinski definition) is 3. The Labute approximate surface area is 275 Å². The largest absolute Gasteiger partial charge is 0.481 e. The van der Waals surface area contributed by atoms with Gasteiger partial charge in [0.25, 0.3) is 5.91 Å². The van der Waals surface area contributed by atoms with Gasteiger partial charge < -0.3 is 25.4 Å². The molecule has 47 heavy (non-hydrogen) atoms. The average Bonchev–Trinajstić information content (AvgIpc) is 3.10. The van der Waals surface area contributed by atoms with E-state index in [-0.39, 0.29) is 49.9 Å². The fraction of sp³-hybridized carbons (Fsp3) is 0.263. The molecule has 0 aliphatic heterocycles. The molecule has 0 saturated heterocycles. The van der Waals surface area contributed by atoms with Crippen molar-refractivity contribution in [1.82, 2.24) is 15.5 Å². The van der Waals surface area contributed by atoms with Gasteiger partial charge in [0.2, 0.25) is 0 Å². The first-order chi connectivity index (χ1) is 22.8. The number of nitrogens with zero attached hydrogens (tertiary/aromatic N) is 1. The number of unbranched alkanes of at least 4 members (excludes halogenated alkanes) is 1. The molecule has 0 fully saturated rings. The van der Waals surface area contributed by atoms with Crippen molar-refractivity contribution in [2.45, 2.75) is 45.2 Å². The van der Waals surface area contributed by atoms with Gasteiger partial charge in [-0.15, -0.1) is 0 Å².